The summed E-state index contributed by atoms with van der Waals surface area (Å²) in [6.07, 6.45) is 4.66. The second-order valence-electron chi connectivity index (χ2n) is 30.2. The van der Waals surface area contributed by atoms with E-state index in [0.717, 1.165) is 18.5 Å². The molecule has 79 heavy (non-hydrogen) atoms. The van der Waals surface area contributed by atoms with Crippen LogP contribution in [0.25, 0.3) is 10.1 Å². The molecule has 1 aromatic heterocycles. The number of nitrogens with zero attached hydrogens (tertiary/aromatic N) is 3. The van der Waals surface area contributed by atoms with Crippen molar-refractivity contribution in [2.24, 2.45) is 0 Å². The van der Waals surface area contributed by atoms with Gasteiger partial charge in [-0.25, -0.2) is 0 Å². The number of anilines is 9. The minimum absolute atomic E-state index is 0.000823. The first-order valence-electron chi connectivity index (χ1n) is 29.6. The molecule has 2 aliphatic carbocycles. The lowest BCUT2D eigenvalue weighted by Crippen LogP contribution is -2.61. The van der Waals surface area contributed by atoms with Gasteiger partial charge in [0.2, 0.25) is 0 Å². The van der Waals surface area contributed by atoms with Gasteiger partial charge in [-0.05, 0) is 205 Å². The Balaban J connectivity index is 1.30. The van der Waals surface area contributed by atoms with Crippen LogP contribution in [0.5, 0.6) is 0 Å². The Hall–Kier alpha value is -6.04. The highest BCUT2D eigenvalue weighted by molar-refractivity contribution is 7.33. The lowest BCUT2D eigenvalue weighted by atomic mass is 9.35. The summed E-state index contributed by atoms with van der Waals surface area (Å²) in [7, 11) is 0. The molecule has 406 valence electrons. The topological polar surface area (TPSA) is 9.72 Å². The largest absolute Gasteiger partial charge is 0.311 e. The predicted molar refractivity (Wildman–Crippen MR) is 347 cm³/mol. The fourth-order valence-corrected chi connectivity index (χ4v) is 15.4. The molecule has 0 saturated carbocycles. The van der Waals surface area contributed by atoms with E-state index in [2.05, 4.69) is 285 Å². The van der Waals surface area contributed by atoms with Gasteiger partial charge in [0, 0.05) is 54.7 Å². The summed E-state index contributed by atoms with van der Waals surface area (Å²) < 4.78 is 2.83. The van der Waals surface area contributed by atoms with Crippen LogP contribution in [-0.4, -0.2) is 6.71 Å². The molecule has 5 heteroatoms. The standard InChI is InChI=1S/C74H86BN3S/c1-45-24-20-22-26-59(45)76(60-27-23-21-25-46(60)2)52-39-62-65-63(40-52)78(50-30-28-47(29-31-50)68(3,4)5)66-53-41-54-57(74(18,19)35-32-71(54,12)13)44-64(53)79-67(66)75(65)58-42-55-56(73(16,17)34-33-72(55,14)15)43-61(58)77(62)51-37-48(69(6,7)8)36-49(38-51)70(9,10)11/h20-31,36-44H,32-35H2,1-19H3. The van der Waals surface area contributed by atoms with Crippen molar-refractivity contribution in [1.82, 2.24) is 0 Å². The van der Waals surface area contributed by atoms with Gasteiger partial charge in [-0.1, -0.05) is 178 Å². The Morgan fingerprint density at radius 2 is 0.911 bits per heavy atom. The number of hydrogen-bond donors (Lipinski definition) is 0. The molecule has 0 atom stereocenters. The molecule has 0 unspecified atom stereocenters. The summed E-state index contributed by atoms with van der Waals surface area (Å²) in [6, 6.07) is 51.1. The summed E-state index contributed by atoms with van der Waals surface area (Å²) in [5.74, 6) is 0. The van der Waals surface area contributed by atoms with Crippen LogP contribution in [0.2, 0.25) is 0 Å². The Bertz CT molecular complexity index is 3710. The summed E-state index contributed by atoms with van der Waals surface area (Å²) in [5.41, 5.74) is 26.4. The van der Waals surface area contributed by atoms with Crippen molar-refractivity contribution in [1.29, 1.82) is 0 Å². The van der Waals surface area contributed by atoms with Crippen molar-refractivity contribution in [2.75, 3.05) is 14.7 Å². The Morgan fingerprint density at radius 1 is 0.456 bits per heavy atom. The highest BCUT2D eigenvalue weighted by Gasteiger charge is 2.49. The minimum Gasteiger partial charge on any atom is -0.311 e. The van der Waals surface area contributed by atoms with Crippen LogP contribution in [0.15, 0.2) is 127 Å². The maximum atomic E-state index is 2.74. The van der Waals surface area contributed by atoms with E-state index in [-0.39, 0.29) is 44.6 Å². The zero-order valence-corrected chi connectivity index (χ0v) is 52.1. The van der Waals surface area contributed by atoms with Crippen molar-refractivity contribution >= 4 is 95.0 Å². The van der Waals surface area contributed by atoms with E-state index < -0.39 is 0 Å². The van der Waals surface area contributed by atoms with Gasteiger partial charge in [-0.2, -0.15) is 0 Å². The number of rotatable bonds is 5. The van der Waals surface area contributed by atoms with Crippen LogP contribution < -0.4 is 30.4 Å². The predicted octanol–water partition coefficient (Wildman–Crippen LogP) is 19.7. The number of benzene rings is 7. The van der Waals surface area contributed by atoms with Gasteiger partial charge in [-0.15, -0.1) is 11.3 Å². The van der Waals surface area contributed by atoms with Crippen LogP contribution in [0.1, 0.15) is 193 Å². The quantitative estimate of drug-likeness (QED) is 0.159. The number of para-hydroxylation sites is 2. The van der Waals surface area contributed by atoms with Gasteiger partial charge >= 0.3 is 0 Å². The lowest BCUT2D eigenvalue weighted by Gasteiger charge is -2.47. The summed E-state index contributed by atoms with van der Waals surface area (Å²) in [4.78, 5) is 8.03. The number of hydrogen-bond acceptors (Lipinski definition) is 4. The van der Waals surface area contributed by atoms with Crippen molar-refractivity contribution in [2.45, 2.75) is 195 Å². The lowest BCUT2D eigenvalue weighted by molar-refractivity contribution is 0.332. The van der Waals surface area contributed by atoms with Crippen LogP contribution in [0.4, 0.5) is 51.2 Å². The average molecular weight is 1060 g/mol. The van der Waals surface area contributed by atoms with Gasteiger partial charge in [0.25, 0.3) is 6.71 Å². The first-order valence-corrected chi connectivity index (χ1v) is 30.4. The molecule has 0 bridgehead atoms. The molecule has 0 saturated heterocycles. The van der Waals surface area contributed by atoms with Gasteiger partial charge in [-0.3, -0.25) is 0 Å². The third-order valence-electron chi connectivity index (χ3n) is 19.5. The van der Waals surface area contributed by atoms with Crippen molar-refractivity contribution in [3.63, 3.8) is 0 Å². The van der Waals surface area contributed by atoms with E-state index in [9.17, 15) is 0 Å². The van der Waals surface area contributed by atoms with Crippen LogP contribution in [0.3, 0.4) is 0 Å². The van der Waals surface area contributed by atoms with E-state index in [1.807, 2.05) is 0 Å². The fourth-order valence-electron chi connectivity index (χ4n) is 14.0. The van der Waals surface area contributed by atoms with Crippen molar-refractivity contribution in [3.8, 4) is 0 Å². The zero-order valence-electron chi connectivity index (χ0n) is 51.3. The van der Waals surface area contributed by atoms with Crippen LogP contribution in [0, 0.1) is 13.8 Å². The molecule has 3 heterocycles. The van der Waals surface area contributed by atoms with E-state index in [1.165, 1.54) is 134 Å². The third-order valence-corrected chi connectivity index (χ3v) is 20.7. The Kier molecular flexibility index (Phi) is 12.0. The first kappa shape index (κ1) is 53.6. The van der Waals surface area contributed by atoms with Gasteiger partial charge in [0.1, 0.15) is 0 Å². The highest BCUT2D eigenvalue weighted by Crippen LogP contribution is 2.56. The molecule has 8 aromatic rings. The molecular formula is C74H86BN3S. The van der Waals surface area contributed by atoms with E-state index in [1.54, 1.807) is 0 Å². The van der Waals surface area contributed by atoms with Gasteiger partial charge in [0.15, 0.2) is 0 Å². The molecule has 0 fully saturated rings. The minimum atomic E-state index is -0.0862. The highest BCUT2D eigenvalue weighted by atomic mass is 32.1. The Morgan fingerprint density at radius 3 is 1.41 bits per heavy atom. The Labute approximate surface area is 479 Å². The smallest absolute Gasteiger partial charge is 0.264 e. The van der Waals surface area contributed by atoms with E-state index >= 15 is 0 Å². The SMILES string of the molecule is Cc1ccccc1N(c1cc2c3c(c1)N(c1ccc(C(C)(C)C)cc1)c1c(sc4cc5c(cc14)C(C)(C)CCC5(C)C)B3c1cc3c(cc1N2c1cc(C(C)(C)C)cc(C(C)(C)C)c1)C(C)(C)CCC3(C)C)c1ccccc1C. The molecule has 7 aromatic carbocycles. The van der Waals surface area contributed by atoms with E-state index in [4.69, 9.17) is 0 Å². The third kappa shape index (κ3) is 8.64. The molecule has 0 spiro atoms. The molecule has 0 N–H and O–H groups in total. The average Bonchev–Trinajstić information content (AvgIpc) is 3.46. The molecule has 0 radical (unpaired) electrons. The fraction of sp³-hybridized carbons (Fsp3) is 0.405. The molecular weight excluding hydrogens is 974 g/mol. The number of aryl methyl sites for hydroxylation is 2. The maximum absolute atomic E-state index is 2.74. The summed E-state index contributed by atoms with van der Waals surface area (Å²) in [6.45, 7) is 45.8. The molecule has 4 aliphatic rings. The molecule has 2 aliphatic heterocycles. The van der Waals surface area contributed by atoms with Gasteiger partial charge < -0.3 is 14.7 Å². The second-order valence-corrected chi connectivity index (χ2v) is 31.3. The molecule has 3 nitrogen and oxygen atoms in total. The van der Waals surface area contributed by atoms with E-state index in [0.29, 0.717) is 0 Å². The monoisotopic (exact) mass is 1060 g/mol. The molecule has 12 rings (SSSR count). The van der Waals surface area contributed by atoms with Gasteiger partial charge in [0.05, 0.1) is 11.4 Å². The van der Waals surface area contributed by atoms with Crippen molar-refractivity contribution < 1.29 is 0 Å². The van der Waals surface area contributed by atoms with Crippen molar-refractivity contribution in [3.05, 3.63) is 177 Å². The molecule has 0 amide bonds. The second kappa shape index (κ2) is 17.7. The first-order chi connectivity index (χ1) is 36.9. The summed E-state index contributed by atoms with van der Waals surface area (Å²) >= 11 is 2.07. The number of thiophene rings is 1. The normalized spacial score (nSPS) is 17.7. The van der Waals surface area contributed by atoms with Crippen LogP contribution >= 0.6 is 11.3 Å². The number of fused-ring (bicyclic) bond motifs is 8. The van der Waals surface area contributed by atoms with Crippen LogP contribution in [-0.2, 0) is 37.9 Å². The zero-order chi connectivity index (χ0) is 56.5. The summed E-state index contributed by atoms with van der Waals surface area (Å²) in [5, 5.41) is 1.37. The maximum Gasteiger partial charge on any atom is 0.264 e.